The van der Waals surface area contributed by atoms with E-state index in [2.05, 4.69) is 57.2 Å². The molecule has 0 rings (SSSR count). The first-order chi connectivity index (χ1) is 55.3. The van der Waals surface area contributed by atoms with Gasteiger partial charge < -0.3 is 126 Å². The predicted molar refractivity (Wildman–Crippen MR) is 573 cm³/mol. The largest absolute Gasteiger partial charge is 0.513 e. The normalized spacial score (nSPS) is 15.7. The van der Waals surface area contributed by atoms with Crippen molar-refractivity contribution in [1.82, 2.24) is 0 Å². The third kappa shape index (κ3) is 59.4. The van der Waals surface area contributed by atoms with Gasteiger partial charge in [0.2, 0.25) is 8.32 Å². The van der Waals surface area contributed by atoms with Crippen LogP contribution in [0.15, 0.2) is 25.7 Å². The number of unbranched alkanes of at least 4 members (excludes halogenated alkanes) is 1. The van der Waals surface area contributed by atoms with Crippen LogP contribution in [0.4, 0.5) is 9.59 Å². The molecule has 1 atom stereocenters. The Labute approximate surface area is 801 Å². The van der Waals surface area contributed by atoms with Crippen LogP contribution in [0, 0.1) is 0 Å². The minimum atomic E-state index is -2.95. The Morgan fingerprint density at radius 3 is 0.528 bits per heavy atom. The minimum Gasteiger partial charge on any atom is -0.436 e. The molecule has 0 N–H and O–H groups in total. The van der Waals surface area contributed by atoms with Gasteiger partial charge in [0.1, 0.15) is 5.73 Å². The van der Waals surface area contributed by atoms with Crippen molar-refractivity contribution in [2.45, 2.75) is 398 Å². The fourth-order valence-corrected chi connectivity index (χ4v) is 159. The van der Waals surface area contributed by atoms with Crippen LogP contribution >= 0.6 is 0 Å². The summed E-state index contributed by atoms with van der Waals surface area (Å²) in [6, 6.07) is 0.883. The molecule has 32 nitrogen and oxygen atoms in total. The van der Waals surface area contributed by atoms with E-state index < -0.39 is 249 Å². The summed E-state index contributed by atoms with van der Waals surface area (Å²) in [5.41, 5.74) is -0.442. The summed E-state index contributed by atoms with van der Waals surface area (Å²) in [6.45, 7) is 120. The summed E-state index contributed by atoms with van der Waals surface area (Å²) < 4.78 is 201. The van der Waals surface area contributed by atoms with E-state index in [1.807, 2.05) is 321 Å². The van der Waals surface area contributed by atoms with Crippen LogP contribution in [0.3, 0.4) is 0 Å². The zero-order valence-corrected chi connectivity index (χ0v) is 117. The van der Waals surface area contributed by atoms with Crippen LogP contribution in [0.1, 0.15) is 32.6 Å². The molecule has 0 aliphatic rings. The van der Waals surface area contributed by atoms with E-state index in [4.69, 9.17) is 121 Å². The molecule has 0 aromatic rings. The van der Waals surface area contributed by atoms with Crippen molar-refractivity contribution in [3.05, 3.63) is 25.7 Å². The lowest BCUT2D eigenvalue weighted by atomic mass is 10.4. The molecular formula is C68H184O32Si27. The molecule has 59 heteroatoms. The topological polar surface area (TPSA) is 311 Å². The van der Waals surface area contributed by atoms with Gasteiger partial charge in [0.25, 0.3) is 0 Å². The summed E-state index contributed by atoms with van der Waals surface area (Å²) in [7, 11) is -77.4. The van der Waals surface area contributed by atoms with Gasteiger partial charge in [-0.05, 0) is 372 Å². The summed E-state index contributed by atoms with van der Waals surface area (Å²) in [5.74, 6) is 0. The van der Waals surface area contributed by atoms with E-state index in [1.54, 1.807) is 0 Å². The molecule has 0 saturated heterocycles. The third-order valence-corrected chi connectivity index (χ3v) is 122. The maximum atomic E-state index is 12.4. The van der Waals surface area contributed by atoms with Gasteiger partial charge in [-0.1, -0.05) is 32.9 Å². The molecule has 756 valence electrons. The Kier molecular flexibility index (Phi) is 48.0. The van der Waals surface area contributed by atoms with Gasteiger partial charge >= 0.3 is 226 Å². The molecule has 0 radical (unpaired) electrons. The summed E-state index contributed by atoms with van der Waals surface area (Å²) in [5, 5.41) is 0. The van der Waals surface area contributed by atoms with E-state index in [0.717, 1.165) is 31.4 Å². The molecule has 0 aliphatic carbocycles. The highest BCUT2D eigenvalue weighted by Gasteiger charge is 2.58. The molecule has 127 heavy (non-hydrogen) atoms. The van der Waals surface area contributed by atoms with Crippen LogP contribution in [-0.2, 0) is 126 Å². The minimum absolute atomic E-state index is 0.269. The molecular weight excluding hydrogens is 2090 g/mol. The summed E-state index contributed by atoms with van der Waals surface area (Å²) >= 11 is 0. The molecule has 0 bridgehead atoms. The van der Waals surface area contributed by atoms with Gasteiger partial charge in [0, 0.05) is 0 Å². The lowest BCUT2D eigenvalue weighted by Crippen LogP contribution is -2.63. The fraction of sp³-hybridized carbons (Fsp3) is 0.912. The van der Waals surface area contributed by atoms with Gasteiger partial charge in [-0.3, -0.25) is 0 Å². The van der Waals surface area contributed by atoms with Crippen molar-refractivity contribution in [1.29, 1.82) is 0 Å². The Hall–Kier alpha value is 2.84. The average molecular weight is 2270 g/mol. The number of carbonyl (C=O) groups excluding carboxylic acids is 2. The smallest absolute Gasteiger partial charge is 0.436 e. The second-order valence-electron chi connectivity index (χ2n) is 44.8. The first kappa shape index (κ1) is 130. The monoisotopic (exact) mass is 2270 g/mol. The van der Waals surface area contributed by atoms with Crippen LogP contribution in [0.5, 0.6) is 0 Å². The lowest BCUT2D eigenvalue weighted by Gasteiger charge is -2.45. The fourth-order valence-electron chi connectivity index (χ4n) is 18.1. The van der Waals surface area contributed by atoms with Crippen molar-refractivity contribution in [2.75, 3.05) is 6.61 Å². The van der Waals surface area contributed by atoms with Crippen molar-refractivity contribution in [2.24, 2.45) is 0 Å². The van der Waals surface area contributed by atoms with E-state index >= 15 is 0 Å². The van der Waals surface area contributed by atoms with Crippen molar-refractivity contribution >= 4 is 243 Å². The number of carbonyl (C=O) groups is 2. The van der Waals surface area contributed by atoms with E-state index in [1.165, 1.54) is 0 Å². The van der Waals surface area contributed by atoms with E-state index in [9.17, 15) is 9.59 Å². The summed E-state index contributed by atoms with van der Waals surface area (Å²) in [4.78, 5) is 23.9. The second-order valence-corrected chi connectivity index (χ2v) is 144. The maximum Gasteiger partial charge on any atom is 0.513 e. The highest BCUT2D eigenvalue weighted by Crippen LogP contribution is 2.39. The molecule has 1 unspecified atom stereocenters. The van der Waals surface area contributed by atoms with E-state index in [-0.39, 0.29) is 6.61 Å². The lowest BCUT2D eigenvalue weighted by molar-refractivity contribution is 0.0621. The van der Waals surface area contributed by atoms with Crippen LogP contribution < -0.4 is 0 Å². The molecule has 0 saturated carbocycles. The Morgan fingerprint density at radius 2 is 0.370 bits per heavy atom. The second kappa shape index (κ2) is 46.9. The Bertz CT molecular complexity index is 3440. The summed E-state index contributed by atoms with van der Waals surface area (Å²) in [6.07, 6.45) is 3.55. The van der Waals surface area contributed by atoms with Gasteiger partial charge in [-0.2, -0.15) is 0 Å². The molecule has 0 fully saturated rings. The Morgan fingerprint density at radius 1 is 0.220 bits per heavy atom. The van der Waals surface area contributed by atoms with Gasteiger partial charge in [-0.15, -0.1) is 0 Å². The number of ether oxygens (including phenoxy) is 4. The van der Waals surface area contributed by atoms with Crippen molar-refractivity contribution in [3.8, 4) is 0 Å². The van der Waals surface area contributed by atoms with Crippen LogP contribution in [-0.4, -0.2) is 255 Å². The zero-order valence-electron chi connectivity index (χ0n) is 90.0. The van der Waals surface area contributed by atoms with Crippen molar-refractivity contribution in [3.63, 3.8) is 0 Å². The van der Waals surface area contributed by atoms with Crippen molar-refractivity contribution < 1.29 is 136 Å². The molecule has 0 aromatic heterocycles. The number of hydrogen-bond donors (Lipinski definition) is 0. The van der Waals surface area contributed by atoms with Crippen LogP contribution in [0.2, 0.25) is 360 Å². The van der Waals surface area contributed by atoms with Gasteiger partial charge in [0.15, 0.2) is 8.32 Å². The highest BCUT2D eigenvalue weighted by atomic mass is 28.6. The van der Waals surface area contributed by atoms with Crippen LogP contribution in [0.25, 0.3) is 0 Å². The molecule has 0 amide bonds. The SMILES string of the molecule is C=COC(=O)OCCCC[Si](C)(C)O[Si](C)(C)O[Si](C)(C)O[Si](C)(C)O[Si](C)(C)O[Si](C)(C)O[Si](C)(C)O[Si](C)(C)O[Si](C)(C)O[Si](C)(C)O[Si](C)(C)O[Si](C)(C)O[Si](C)(C)O[Si](C)(C)O[Si](C)(C)O[Si](C)(C)O[Si](C)(C)O[Si](C)(C)O[Si](C)(C)O[Si](C)(C)O[Si](C)(C)O[Si](C)(C)O[Si](C)(C)O[Si](C)(C)O[Si](C)(C)O[Si](C)(C)O[Si](C)(C)C(CCC)OC(=O)OC=C. The highest BCUT2D eigenvalue weighted by molar-refractivity contribution is 6.98. The first-order valence-corrected chi connectivity index (χ1v) is 121. The predicted octanol–water partition coefficient (Wildman–Crippen LogP) is 23.5. The Balaban J connectivity index is 5.94. The molecule has 0 spiro atoms. The third-order valence-electron chi connectivity index (χ3n) is 16.1. The maximum absolute atomic E-state index is 12.4. The standard InChI is InChI=1S/C68H184O32Si27/c1-58-63-66(74-68(70)72-60-3)102(6,7)76-104(10,11)78-106(14,15)80-108(18,19)82-110(22,23)84-112(26,27)86-114(30,31)88-116(34,35)90-118(38,39)92-120(42,43)94-122(46,47)96-124(50,51)98-126(54,55)100-127(56,57)99-125(52,53)97-123(48,49)95-121(44,45)93-119(40,41)91-117(36,37)89-115(32,33)87-113(28,29)85-111(24,25)83-109(20,21)81-107(16,17)79-105(12,13)77-103(8,9)75-101(4,5)65-62-61-64-73-67(69)71-59-2/h59-60,66H,2-3,58,61-65H2,1,4-57H3. The molecule has 0 aliphatic heterocycles. The number of rotatable bonds is 63. The molecule has 0 heterocycles. The molecule has 0 aromatic carbocycles. The average Bonchev–Trinajstić information content (AvgIpc) is 0.801. The first-order valence-electron chi connectivity index (χ1n) is 44.4. The number of hydrogen-bond acceptors (Lipinski definition) is 32. The van der Waals surface area contributed by atoms with E-state index in [0.29, 0.717) is 12.8 Å². The van der Waals surface area contributed by atoms with Gasteiger partial charge in [0.05, 0.1) is 19.1 Å². The zero-order chi connectivity index (χ0) is 101. The quantitative estimate of drug-likeness (QED) is 0.0236. The van der Waals surface area contributed by atoms with Gasteiger partial charge in [-0.25, -0.2) is 9.59 Å².